The molecule has 0 aliphatic rings. The quantitative estimate of drug-likeness (QED) is 0.782. The van der Waals surface area contributed by atoms with E-state index in [1.54, 1.807) is 31.2 Å². The lowest BCUT2D eigenvalue weighted by Crippen LogP contribution is -2.23. The highest BCUT2D eigenvalue weighted by molar-refractivity contribution is 6.33. The summed E-state index contributed by atoms with van der Waals surface area (Å²) in [5.41, 5.74) is 0.508. The van der Waals surface area contributed by atoms with Crippen molar-refractivity contribution in [2.75, 3.05) is 11.9 Å². The van der Waals surface area contributed by atoms with Gasteiger partial charge in [-0.15, -0.1) is 0 Å². The summed E-state index contributed by atoms with van der Waals surface area (Å²) < 4.78 is 10.5. The Hall–Kier alpha value is -2.47. The van der Waals surface area contributed by atoms with Gasteiger partial charge >= 0.3 is 11.9 Å². The molecule has 0 saturated carbocycles. The van der Waals surface area contributed by atoms with E-state index in [1.807, 2.05) is 0 Å². The third kappa shape index (κ3) is 3.84. The number of esters is 1. The molecule has 1 aromatic carbocycles. The van der Waals surface area contributed by atoms with E-state index in [2.05, 4.69) is 5.32 Å². The summed E-state index contributed by atoms with van der Waals surface area (Å²) in [6, 6.07) is 7.19. The van der Waals surface area contributed by atoms with Crippen LogP contribution in [0.5, 0.6) is 0 Å². The van der Waals surface area contributed by atoms with Gasteiger partial charge in [0.15, 0.2) is 6.04 Å². The van der Waals surface area contributed by atoms with Crippen molar-refractivity contribution in [3.63, 3.8) is 0 Å². The van der Waals surface area contributed by atoms with E-state index >= 15 is 0 Å². The van der Waals surface area contributed by atoms with Crippen LogP contribution < -0.4 is 5.32 Å². The van der Waals surface area contributed by atoms with Crippen LogP contribution in [0.3, 0.4) is 0 Å². The lowest BCUT2D eigenvalue weighted by Gasteiger charge is -2.17. The molecule has 7 heteroatoms. The molecule has 0 radical (unpaired) electrons. The van der Waals surface area contributed by atoms with Crippen molar-refractivity contribution in [3.8, 4) is 0 Å². The largest absolute Gasteiger partial charge is 0.478 e. The zero-order valence-corrected chi connectivity index (χ0v) is 13.4. The Bertz CT molecular complexity index is 725. The van der Waals surface area contributed by atoms with Gasteiger partial charge in [0, 0.05) is 0 Å². The number of carbonyl (C=O) groups excluding carboxylic acids is 1. The Morgan fingerprint density at radius 1 is 1.39 bits per heavy atom. The molecule has 1 heterocycles. The first-order chi connectivity index (χ1) is 10.9. The molecule has 122 valence electrons. The summed E-state index contributed by atoms with van der Waals surface area (Å²) in [6.07, 6.45) is 0. The number of nitrogens with one attached hydrogen (secondary N) is 1. The van der Waals surface area contributed by atoms with Gasteiger partial charge in [0.05, 0.1) is 17.3 Å². The third-order valence-electron chi connectivity index (χ3n) is 3.15. The van der Waals surface area contributed by atoms with Gasteiger partial charge in [-0.1, -0.05) is 23.7 Å². The number of carboxylic acids is 1. The number of rotatable bonds is 6. The van der Waals surface area contributed by atoms with Gasteiger partial charge in [-0.05, 0) is 32.0 Å². The molecule has 0 fully saturated rings. The van der Waals surface area contributed by atoms with Crippen LogP contribution in [0.25, 0.3) is 0 Å². The van der Waals surface area contributed by atoms with E-state index in [0.717, 1.165) is 0 Å². The smallest absolute Gasteiger partial charge is 0.339 e. The fraction of sp³-hybridized carbons (Fsp3) is 0.250. The number of hydrogen-bond donors (Lipinski definition) is 2. The maximum Gasteiger partial charge on any atom is 0.339 e. The molecular weight excluding hydrogens is 322 g/mol. The maximum absolute atomic E-state index is 12.2. The minimum absolute atomic E-state index is 0.00439. The average Bonchev–Trinajstić information content (AvgIpc) is 2.88. The number of carboxylic acid groups (broad SMARTS) is 1. The monoisotopic (exact) mass is 337 g/mol. The van der Waals surface area contributed by atoms with Gasteiger partial charge < -0.3 is 19.6 Å². The van der Waals surface area contributed by atoms with Crippen molar-refractivity contribution in [2.24, 2.45) is 0 Å². The molecule has 0 aliphatic heterocycles. The Morgan fingerprint density at radius 2 is 2.09 bits per heavy atom. The van der Waals surface area contributed by atoms with Crippen molar-refractivity contribution >= 4 is 29.2 Å². The number of anilines is 1. The van der Waals surface area contributed by atoms with Gasteiger partial charge in [0.2, 0.25) is 0 Å². The Morgan fingerprint density at radius 3 is 2.65 bits per heavy atom. The predicted molar refractivity (Wildman–Crippen MR) is 84.9 cm³/mol. The van der Waals surface area contributed by atoms with E-state index in [1.165, 1.54) is 13.0 Å². The van der Waals surface area contributed by atoms with Crippen LogP contribution >= 0.6 is 11.6 Å². The standard InChI is InChI=1S/C16H16ClNO5/c1-3-22-16(21)14(18-12-7-5-4-6-11(12)17)13-8-10(15(19)20)9(2)23-13/h4-8,14,18H,3H2,1-2H3,(H,19,20). The number of carbonyl (C=O) groups is 2. The van der Waals surface area contributed by atoms with Crippen LogP contribution in [-0.2, 0) is 9.53 Å². The van der Waals surface area contributed by atoms with Crippen LogP contribution in [0.1, 0.15) is 34.8 Å². The molecular formula is C16H16ClNO5. The van der Waals surface area contributed by atoms with Gasteiger partial charge in [-0.2, -0.15) is 0 Å². The van der Waals surface area contributed by atoms with E-state index in [-0.39, 0.29) is 23.7 Å². The summed E-state index contributed by atoms with van der Waals surface area (Å²) in [4.78, 5) is 23.4. The molecule has 0 amide bonds. The molecule has 2 aromatic rings. The zero-order valence-electron chi connectivity index (χ0n) is 12.6. The molecule has 0 saturated heterocycles. The van der Waals surface area contributed by atoms with Crippen molar-refractivity contribution in [2.45, 2.75) is 19.9 Å². The molecule has 2 rings (SSSR count). The second-order valence-electron chi connectivity index (χ2n) is 4.73. The van der Waals surface area contributed by atoms with Crippen LogP contribution in [0, 0.1) is 6.92 Å². The predicted octanol–water partition coefficient (Wildman–Crippen LogP) is 3.66. The van der Waals surface area contributed by atoms with Crippen molar-refractivity contribution in [1.82, 2.24) is 0 Å². The molecule has 0 bridgehead atoms. The van der Waals surface area contributed by atoms with Gasteiger partial charge in [-0.3, -0.25) is 0 Å². The number of ether oxygens (including phenoxy) is 1. The summed E-state index contributed by atoms with van der Waals surface area (Å²) in [6.45, 7) is 3.39. The number of benzene rings is 1. The molecule has 1 atom stereocenters. The van der Waals surface area contributed by atoms with E-state index in [4.69, 9.17) is 25.9 Å². The zero-order chi connectivity index (χ0) is 17.0. The first kappa shape index (κ1) is 16.9. The lowest BCUT2D eigenvalue weighted by molar-refractivity contribution is -0.144. The summed E-state index contributed by atoms with van der Waals surface area (Å²) in [5.74, 6) is -1.35. The normalized spacial score (nSPS) is 11.8. The lowest BCUT2D eigenvalue weighted by atomic mass is 10.1. The fourth-order valence-corrected chi connectivity index (χ4v) is 2.26. The highest BCUT2D eigenvalue weighted by Gasteiger charge is 2.28. The van der Waals surface area contributed by atoms with Gasteiger partial charge in [0.25, 0.3) is 0 Å². The highest BCUT2D eigenvalue weighted by Crippen LogP contribution is 2.29. The second-order valence-corrected chi connectivity index (χ2v) is 5.14. The minimum Gasteiger partial charge on any atom is -0.478 e. The van der Waals surface area contributed by atoms with Crippen molar-refractivity contribution < 1.29 is 23.8 Å². The molecule has 1 aromatic heterocycles. The van der Waals surface area contributed by atoms with Crippen molar-refractivity contribution in [3.05, 3.63) is 52.4 Å². The third-order valence-corrected chi connectivity index (χ3v) is 3.48. The fourth-order valence-electron chi connectivity index (χ4n) is 2.07. The van der Waals surface area contributed by atoms with Crippen molar-refractivity contribution in [1.29, 1.82) is 0 Å². The van der Waals surface area contributed by atoms with E-state index in [9.17, 15) is 9.59 Å². The summed E-state index contributed by atoms with van der Waals surface area (Å²) in [7, 11) is 0. The highest BCUT2D eigenvalue weighted by atomic mass is 35.5. The van der Waals surface area contributed by atoms with E-state index < -0.39 is 18.0 Å². The molecule has 6 nitrogen and oxygen atoms in total. The first-order valence-electron chi connectivity index (χ1n) is 6.95. The number of halogens is 1. The molecule has 0 aliphatic carbocycles. The van der Waals surface area contributed by atoms with Crippen LogP contribution in [0.15, 0.2) is 34.7 Å². The van der Waals surface area contributed by atoms with Gasteiger partial charge in [0.1, 0.15) is 17.1 Å². The SMILES string of the molecule is CCOC(=O)C(Nc1ccccc1Cl)c1cc(C(=O)O)c(C)o1. The maximum atomic E-state index is 12.2. The van der Waals surface area contributed by atoms with Gasteiger partial charge in [-0.25, -0.2) is 9.59 Å². The number of furan rings is 1. The van der Waals surface area contributed by atoms with Crippen LogP contribution in [0.2, 0.25) is 5.02 Å². The number of aromatic carboxylic acids is 1. The number of aryl methyl sites for hydroxylation is 1. The average molecular weight is 338 g/mol. The first-order valence-corrected chi connectivity index (χ1v) is 7.33. The topological polar surface area (TPSA) is 88.8 Å². The minimum atomic E-state index is -1.13. The summed E-state index contributed by atoms with van der Waals surface area (Å²) >= 11 is 6.09. The number of para-hydroxylation sites is 1. The Labute approximate surface area is 138 Å². The number of hydrogen-bond acceptors (Lipinski definition) is 5. The Balaban J connectivity index is 2.38. The molecule has 1 unspecified atom stereocenters. The molecule has 2 N–H and O–H groups in total. The second kappa shape index (κ2) is 7.19. The molecule has 0 spiro atoms. The van der Waals surface area contributed by atoms with E-state index in [0.29, 0.717) is 10.7 Å². The summed E-state index contributed by atoms with van der Waals surface area (Å²) in [5, 5.41) is 12.5. The molecule has 23 heavy (non-hydrogen) atoms. The van der Waals surface area contributed by atoms with Crippen LogP contribution in [-0.4, -0.2) is 23.7 Å². The van der Waals surface area contributed by atoms with Crippen LogP contribution in [0.4, 0.5) is 5.69 Å². The Kier molecular flexibility index (Phi) is 5.28.